The summed E-state index contributed by atoms with van der Waals surface area (Å²) in [6.45, 7) is 6.96. The number of nitrogens with two attached hydrogens (primary N) is 1. The van der Waals surface area contributed by atoms with Crippen molar-refractivity contribution in [2.75, 3.05) is 6.54 Å². The predicted octanol–water partition coefficient (Wildman–Crippen LogP) is 3.30. The second kappa shape index (κ2) is 9.78. The Labute approximate surface area is 128 Å². The molecule has 0 aliphatic carbocycles. The minimum absolute atomic E-state index is 0. The largest absolute Gasteiger partial charge is 0.354 e. The highest BCUT2D eigenvalue weighted by atomic mass is 35.5. The van der Waals surface area contributed by atoms with Crippen molar-refractivity contribution >= 4 is 18.3 Å². The van der Waals surface area contributed by atoms with Gasteiger partial charge in [-0.3, -0.25) is 4.79 Å². The van der Waals surface area contributed by atoms with E-state index in [1.165, 1.54) is 0 Å². The number of hydrogen-bond acceptors (Lipinski definition) is 2. The number of hydrogen-bond donors (Lipinski definition) is 2. The van der Waals surface area contributed by atoms with Crippen LogP contribution in [0.1, 0.15) is 45.2 Å². The Balaban J connectivity index is 0.00000361. The summed E-state index contributed by atoms with van der Waals surface area (Å²) in [5.74, 6) is 1.10. The average Bonchev–Trinajstić information content (AvgIpc) is 2.42. The lowest BCUT2D eigenvalue weighted by Crippen LogP contribution is -2.33. The highest BCUT2D eigenvalue weighted by Crippen LogP contribution is 2.18. The van der Waals surface area contributed by atoms with Crippen LogP contribution < -0.4 is 11.1 Å². The molecule has 1 aromatic rings. The van der Waals surface area contributed by atoms with Crippen LogP contribution >= 0.6 is 12.4 Å². The molecule has 4 heteroatoms. The lowest BCUT2D eigenvalue weighted by atomic mass is 9.90. The zero-order valence-corrected chi connectivity index (χ0v) is 13.5. The summed E-state index contributed by atoms with van der Waals surface area (Å²) < 4.78 is 0. The minimum atomic E-state index is -0.135. The fourth-order valence-electron chi connectivity index (χ4n) is 2.20. The molecule has 0 aromatic heterocycles. The van der Waals surface area contributed by atoms with Crippen LogP contribution in [-0.4, -0.2) is 12.5 Å². The zero-order valence-electron chi connectivity index (χ0n) is 12.6. The second-order valence-corrected chi connectivity index (χ2v) is 5.44. The van der Waals surface area contributed by atoms with Gasteiger partial charge >= 0.3 is 0 Å². The Morgan fingerprint density at radius 1 is 1.25 bits per heavy atom. The van der Waals surface area contributed by atoms with Crippen molar-refractivity contribution in [3.05, 3.63) is 35.9 Å². The van der Waals surface area contributed by atoms with Crippen LogP contribution in [0.4, 0.5) is 0 Å². The Hall–Kier alpha value is -1.06. The van der Waals surface area contributed by atoms with Gasteiger partial charge in [0.25, 0.3) is 0 Å². The number of benzene rings is 1. The summed E-state index contributed by atoms with van der Waals surface area (Å²) in [6, 6.07) is 9.72. The molecule has 0 heterocycles. The van der Waals surface area contributed by atoms with E-state index >= 15 is 0 Å². The molecule has 2 unspecified atom stereocenters. The monoisotopic (exact) mass is 298 g/mol. The fraction of sp³-hybridized carbons (Fsp3) is 0.562. The molecule has 1 aromatic carbocycles. The molecule has 0 bridgehead atoms. The Morgan fingerprint density at radius 2 is 1.85 bits per heavy atom. The molecular weight excluding hydrogens is 272 g/mol. The van der Waals surface area contributed by atoms with Crippen LogP contribution in [0.2, 0.25) is 0 Å². The molecule has 0 spiro atoms. The third-order valence-corrected chi connectivity index (χ3v) is 3.66. The lowest BCUT2D eigenvalue weighted by Gasteiger charge is -2.19. The van der Waals surface area contributed by atoms with E-state index in [-0.39, 0.29) is 24.4 Å². The normalized spacial score (nSPS) is 13.4. The first kappa shape index (κ1) is 18.9. The molecule has 2 atom stereocenters. The van der Waals surface area contributed by atoms with Crippen molar-refractivity contribution < 1.29 is 4.79 Å². The first-order valence-corrected chi connectivity index (χ1v) is 7.11. The minimum Gasteiger partial charge on any atom is -0.354 e. The topological polar surface area (TPSA) is 55.1 Å². The van der Waals surface area contributed by atoms with Crippen LogP contribution in [0.3, 0.4) is 0 Å². The predicted molar refractivity (Wildman–Crippen MR) is 86.9 cm³/mol. The van der Waals surface area contributed by atoms with Crippen LogP contribution in [0.25, 0.3) is 0 Å². The smallest absolute Gasteiger partial charge is 0.220 e. The number of nitrogens with one attached hydrogen (secondary N) is 1. The van der Waals surface area contributed by atoms with Crippen molar-refractivity contribution in [2.45, 2.75) is 39.7 Å². The van der Waals surface area contributed by atoms with Crippen molar-refractivity contribution in [3.8, 4) is 0 Å². The Bertz CT molecular complexity index is 381. The number of carbonyl (C=O) groups is 1. The molecular formula is C16H27ClN2O. The van der Waals surface area contributed by atoms with Gasteiger partial charge in [0.2, 0.25) is 5.91 Å². The van der Waals surface area contributed by atoms with E-state index in [0.29, 0.717) is 24.8 Å². The van der Waals surface area contributed by atoms with E-state index in [0.717, 1.165) is 12.0 Å². The van der Waals surface area contributed by atoms with E-state index in [4.69, 9.17) is 5.73 Å². The van der Waals surface area contributed by atoms with Crippen LogP contribution in [0, 0.1) is 11.8 Å². The Kier molecular flexibility index (Phi) is 9.26. The molecule has 0 aliphatic heterocycles. The van der Waals surface area contributed by atoms with Crippen molar-refractivity contribution in [1.29, 1.82) is 0 Å². The summed E-state index contributed by atoms with van der Waals surface area (Å²) in [7, 11) is 0. The molecule has 0 fully saturated rings. The van der Waals surface area contributed by atoms with E-state index < -0.39 is 0 Å². The molecule has 114 valence electrons. The van der Waals surface area contributed by atoms with Gasteiger partial charge in [0, 0.05) is 19.0 Å². The quantitative estimate of drug-likeness (QED) is 0.811. The molecule has 0 saturated heterocycles. The number of amides is 1. The first-order valence-electron chi connectivity index (χ1n) is 7.11. The van der Waals surface area contributed by atoms with Gasteiger partial charge in [0.15, 0.2) is 0 Å². The van der Waals surface area contributed by atoms with Gasteiger partial charge in [-0.15, -0.1) is 12.4 Å². The summed E-state index contributed by atoms with van der Waals surface area (Å²) in [5.41, 5.74) is 7.11. The average molecular weight is 299 g/mol. The van der Waals surface area contributed by atoms with E-state index in [1.807, 2.05) is 30.3 Å². The SMILES string of the molecule is CCC(CC(=O)NCC(N)c1ccccc1)C(C)C.Cl. The standard InChI is InChI=1S/C16H26N2O.ClH/c1-4-13(12(2)3)10-16(19)18-11-15(17)14-8-6-5-7-9-14;/h5-9,12-13,15H,4,10-11,17H2,1-3H3,(H,18,19);1H. The van der Waals surface area contributed by atoms with Gasteiger partial charge in [-0.25, -0.2) is 0 Å². The summed E-state index contributed by atoms with van der Waals surface area (Å²) >= 11 is 0. The van der Waals surface area contributed by atoms with Gasteiger partial charge in [-0.2, -0.15) is 0 Å². The van der Waals surface area contributed by atoms with Gasteiger partial charge in [0.05, 0.1) is 0 Å². The Morgan fingerprint density at radius 3 is 2.35 bits per heavy atom. The highest BCUT2D eigenvalue weighted by molar-refractivity contribution is 5.85. The maximum atomic E-state index is 11.9. The molecule has 0 aliphatic rings. The zero-order chi connectivity index (χ0) is 14.3. The summed E-state index contributed by atoms with van der Waals surface area (Å²) in [4.78, 5) is 11.9. The van der Waals surface area contributed by atoms with E-state index in [2.05, 4.69) is 26.1 Å². The van der Waals surface area contributed by atoms with Crippen LogP contribution in [-0.2, 0) is 4.79 Å². The van der Waals surface area contributed by atoms with Gasteiger partial charge in [-0.05, 0) is 17.4 Å². The molecule has 20 heavy (non-hydrogen) atoms. The van der Waals surface area contributed by atoms with E-state index in [9.17, 15) is 4.79 Å². The summed E-state index contributed by atoms with van der Waals surface area (Å²) in [6.07, 6.45) is 1.63. The molecule has 3 nitrogen and oxygen atoms in total. The molecule has 0 radical (unpaired) electrons. The molecule has 0 saturated carbocycles. The molecule has 1 rings (SSSR count). The fourth-order valence-corrected chi connectivity index (χ4v) is 2.20. The maximum Gasteiger partial charge on any atom is 0.220 e. The third kappa shape index (κ3) is 6.40. The van der Waals surface area contributed by atoms with Crippen LogP contribution in [0.15, 0.2) is 30.3 Å². The number of rotatable bonds is 7. The first-order chi connectivity index (χ1) is 9.04. The molecule has 3 N–H and O–H groups in total. The van der Waals surface area contributed by atoms with Gasteiger partial charge in [0.1, 0.15) is 0 Å². The number of halogens is 1. The number of carbonyl (C=O) groups excluding carboxylic acids is 1. The van der Waals surface area contributed by atoms with Crippen molar-refractivity contribution in [2.24, 2.45) is 17.6 Å². The van der Waals surface area contributed by atoms with Crippen molar-refractivity contribution in [1.82, 2.24) is 5.32 Å². The second-order valence-electron chi connectivity index (χ2n) is 5.44. The van der Waals surface area contributed by atoms with Gasteiger partial charge < -0.3 is 11.1 Å². The highest BCUT2D eigenvalue weighted by Gasteiger charge is 2.16. The van der Waals surface area contributed by atoms with Crippen molar-refractivity contribution in [3.63, 3.8) is 0 Å². The third-order valence-electron chi connectivity index (χ3n) is 3.66. The van der Waals surface area contributed by atoms with E-state index in [1.54, 1.807) is 0 Å². The lowest BCUT2D eigenvalue weighted by molar-refractivity contribution is -0.122. The summed E-state index contributed by atoms with van der Waals surface area (Å²) in [5, 5.41) is 2.94. The molecule has 1 amide bonds. The maximum absolute atomic E-state index is 11.9. The van der Waals surface area contributed by atoms with Crippen LogP contribution in [0.5, 0.6) is 0 Å². The van der Waals surface area contributed by atoms with Gasteiger partial charge in [-0.1, -0.05) is 57.5 Å².